The van der Waals surface area contributed by atoms with E-state index in [1.54, 1.807) is 4.90 Å². The Morgan fingerprint density at radius 2 is 2.03 bits per heavy atom. The molecule has 3 fully saturated rings. The van der Waals surface area contributed by atoms with Gasteiger partial charge in [-0.2, -0.15) is 0 Å². The standard InChI is InChI=1S/C22H28N4O3/c27-19-5-4-18(20(28)25-19)26-13-15-3-2-14(10-17(15)21(26)29)12-23-16-6-9-24-22(11-16)7-1-8-22/h2-3,10,16,18,23-24H,1,4-9,11-13H2,(H,25,27,28). The van der Waals surface area contributed by atoms with Crippen LogP contribution in [0.25, 0.3) is 0 Å². The zero-order valence-electron chi connectivity index (χ0n) is 16.6. The molecular weight excluding hydrogens is 368 g/mol. The highest BCUT2D eigenvalue weighted by molar-refractivity contribution is 6.05. The van der Waals surface area contributed by atoms with E-state index in [9.17, 15) is 14.4 Å². The number of imide groups is 1. The Labute approximate surface area is 170 Å². The summed E-state index contributed by atoms with van der Waals surface area (Å²) in [5.74, 6) is -0.725. The molecule has 1 aromatic rings. The maximum absolute atomic E-state index is 12.9. The molecular formula is C22H28N4O3. The van der Waals surface area contributed by atoms with Gasteiger partial charge in [-0.05, 0) is 62.3 Å². The van der Waals surface area contributed by atoms with Crippen molar-refractivity contribution in [1.82, 2.24) is 20.9 Å². The summed E-state index contributed by atoms with van der Waals surface area (Å²) in [4.78, 5) is 38.1. The summed E-state index contributed by atoms with van der Waals surface area (Å²) in [6.07, 6.45) is 6.90. The predicted molar refractivity (Wildman–Crippen MR) is 107 cm³/mol. The second-order valence-electron chi connectivity index (χ2n) is 9.02. The molecule has 0 bridgehead atoms. The van der Waals surface area contributed by atoms with Crippen molar-refractivity contribution in [2.45, 2.75) is 75.7 Å². The third-order valence-electron chi connectivity index (χ3n) is 7.13. The maximum Gasteiger partial charge on any atom is 0.255 e. The van der Waals surface area contributed by atoms with Gasteiger partial charge in [-0.15, -0.1) is 0 Å². The van der Waals surface area contributed by atoms with Gasteiger partial charge in [0, 0.05) is 36.7 Å². The summed E-state index contributed by atoms with van der Waals surface area (Å²) in [6.45, 7) is 2.26. The third-order valence-corrected chi connectivity index (χ3v) is 7.13. The number of hydrogen-bond acceptors (Lipinski definition) is 5. The fraction of sp³-hybridized carbons (Fsp3) is 0.591. The van der Waals surface area contributed by atoms with Crippen LogP contribution in [0.5, 0.6) is 0 Å². The molecule has 4 aliphatic rings. The molecule has 3 aliphatic heterocycles. The Balaban J connectivity index is 1.23. The van der Waals surface area contributed by atoms with Crippen LogP contribution in [-0.4, -0.2) is 46.8 Å². The lowest BCUT2D eigenvalue weighted by Gasteiger charge is -2.48. The minimum absolute atomic E-state index is 0.105. The molecule has 7 heteroatoms. The summed E-state index contributed by atoms with van der Waals surface area (Å²) >= 11 is 0. The fourth-order valence-electron chi connectivity index (χ4n) is 5.29. The van der Waals surface area contributed by atoms with Gasteiger partial charge in [0.05, 0.1) is 0 Å². The number of nitrogens with zero attached hydrogens (tertiary/aromatic N) is 1. The molecule has 1 aromatic carbocycles. The molecule has 1 saturated carbocycles. The van der Waals surface area contributed by atoms with Crippen molar-refractivity contribution in [3.05, 3.63) is 34.9 Å². The molecule has 5 rings (SSSR count). The molecule has 0 aromatic heterocycles. The van der Waals surface area contributed by atoms with Gasteiger partial charge in [-0.3, -0.25) is 19.7 Å². The molecule has 3 N–H and O–H groups in total. The molecule has 1 spiro atoms. The third kappa shape index (κ3) is 3.46. The molecule has 2 saturated heterocycles. The van der Waals surface area contributed by atoms with Crippen molar-refractivity contribution >= 4 is 17.7 Å². The number of hydrogen-bond donors (Lipinski definition) is 3. The summed E-state index contributed by atoms with van der Waals surface area (Å²) < 4.78 is 0. The highest BCUT2D eigenvalue weighted by Crippen LogP contribution is 2.38. The normalized spacial score (nSPS) is 28.3. The molecule has 154 valence electrons. The van der Waals surface area contributed by atoms with E-state index in [0.717, 1.165) is 30.6 Å². The van der Waals surface area contributed by atoms with Crippen molar-refractivity contribution in [2.24, 2.45) is 0 Å². The summed E-state index contributed by atoms with van der Waals surface area (Å²) in [6, 6.07) is 6.01. The number of rotatable bonds is 4. The fourth-order valence-corrected chi connectivity index (χ4v) is 5.29. The molecule has 7 nitrogen and oxygen atoms in total. The Morgan fingerprint density at radius 1 is 1.17 bits per heavy atom. The molecule has 3 heterocycles. The van der Waals surface area contributed by atoms with E-state index in [1.807, 2.05) is 12.1 Å². The van der Waals surface area contributed by atoms with Crippen molar-refractivity contribution in [3.8, 4) is 0 Å². The van der Waals surface area contributed by atoms with Crippen molar-refractivity contribution < 1.29 is 14.4 Å². The van der Waals surface area contributed by atoms with Crippen LogP contribution in [0.4, 0.5) is 0 Å². The number of carbonyl (C=O) groups excluding carboxylic acids is 3. The summed E-state index contributed by atoms with van der Waals surface area (Å²) in [7, 11) is 0. The molecule has 1 aliphatic carbocycles. The highest BCUT2D eigenvalue weighted by atomic mass is 16.2. The minimum atomic E-state index is -0.553. The van der Waals surface area contributed by atoms with Crippen LogP contribution in [0, 0.1) is 0 Å². The van der Waals surface area contributed by atoms with Crippen molar-refractivity contribution in [3.63, 3.8) is 0 Å². The number of amides is 3. The predicted octanol–water partition coefficient (Wildman–Crippen LogP) is 1.21. The number of carbonyl (C=O) groups is 3. The van der Waals surface area contributed by atoms with E-state index in [-0.39, 0.29) is 24.1 Å². The van der Waals surface area contributed by atoms with Crippen LogP contribution < -0.4 is 16.0 Å². The molecule has 3 amide bonds. The Morgan fingerprint density at radius 3 is 2.79 bits per heavy atom. The lowest BCUT2D eigenvalue weighted by molar-refractivity contribution is -0.136. The van der Waals surface area contributed by atoms with E-state index < -0.39 is 6.04 Å². The van der Waals surface area contributed by atoms with Gasteiger partial charge in [0.2, 0.25) is 11.8 Å². The van der Waals surface area contributed by atoms with Crippen molar-refractivity contribution in [2.75, 3.05) is 6.54 Å². The zero-order chi connectivity index (χ0) is 20.0. The largest absolute Gasteiger partial charge is 0.322 e. The first-order valence-electron chi connectivity index (χ1n) is 10.8. The minimum Gasteiger partial charge on any atom is -0.322 e. The summed E-state index contributed by atoms with van der Waals surface area (Å²) in [5, 5.41) is 9.74. The number of nitrogens with one attached hydrogen (secondary N) is 3. The van der Waals surface area contributed by atoms with Gasteiger partial charge >= 0.3 is 0 Å². The highest BCUT2D eigenvalue weighted by Gasteiger charge is 2.41. The average molecular weight is 396 g/mol. The van der Waals surface area contributed by atoms with Crippen molar-refractivity contribution in [1.29, 1.82) is 0 Å². The lowest BCUT2D eigenvalue weighted by atomic mass is 9.70. The van der Waals surface area contributed by atoms with E-state index in [2.05, 4.69) is 22.0 Å². The maximum atomic E-state index is 12.9. The van der Waals surface area contributed by atoms with E-state index in [0.29, 0.717) is 30.1 Å². The van der Waals surface area contributed by atoms with Gasteiger partial charge in [0.15, 0.2) is 0 Å². The van der Waals surface area contributed by atoms with Crippen LogP contribution in [0.2, 0.25) is 0 Å². The first-order valence-corrected chi connectivity index (χ1v) is 10.8. The van der Waals surface area contributed by atoms with E-state index in [1.165, 1.54) is 25.7 Å². The monoisotopic (exact) mass is 396 g/mol. The Hall–Kier alpha value is -2.25. The first kappa shape index (κ1) is 18.8. The Kier molecular flexibility index (Phi) is 4.67. The van der Waals surface area contributed by atoms with Crippen LogP contribution in [0.3, 0.4) is 0 Å². The molecule has 0 radical (unpaired) electrons. The lowest BCUT2D eigenvalue weighted by Crippen LogP contribution is -2.59. The topological polar surface area (TPSA) is 90.5 Å². The Bertz CT molecular complexity index is 864. The number of fused-ring (bicyclic) bond motifs is 1. The number of piperidine rings is 2. The number of benzene rings is 1. The zero-order valence-corrected chi connectivity index (χ0v) is 16.6. The molecule has 2 atom stereocenters. The quantitative estimate of drug-likeness (QED) is 0.666. The first-order chi connectivity index (χ1) is 14.0. The SMILES string of the molecule is O=C1CCC(N2Cc3ccc(CNC4CCNC5(CCC5)C4)cc3C2=O)C(=O)N1. The van der Waals surface area contributed by atoms with Gasteiger partial charge in [0.1, 0.15) is 6.04 Å². The van der Waals surface area contributed by atoms with Gasteiger partial charge in [-0.25, -0.2) is 0 Å². The van der Waals surface area contributed by atoms with Crippen LogP contribution in [0.1, 0.15) is 66.4 Å². The van der Waals surface area contributed by atoms with Crippen LogP contribution in [0.15, 0.2) is 18.2 Å². The average Bonchev–Trinajstić information content (AvgIpc) is 3.01. The van der Waals surface area contributed by atoms with E-state index >= 15 is 0 Å². The van der Waals surface area contributed by atoms with Gasteiger partial charge in [-0.1, -0.05) is 12.1 Å². The smallest absolute Gasteiger partial charge is 0.255 e. The van der Waals surface area contributed by atoms with Crippen LogP contribution in [-0.2, 0) is 22.7 Å². The molecule has 2 unspecified atom stereocenters. The summed E-state index contributed by atoms with van der Waals surface area (Å²) in [5.41, 5.74) is 3.11. The molecule has 29 heavy (non-hydrogen) atoms. The second kappa shape index (κ2) is 7.22. The van der Waals surface area contributed by atoms with E-state index in [4.69, 9.17) is 0 Å². The van der Waals surface area contributed by atoms with Crippen LogP contribution >= 0.6 is 0 Å². The second-order valence-corrected chi connectivity index (χ2v) is 9.02. The van der Waals surface area contributed by atoms with Gasteiger partial charge < -0.3 is 15.5 Å². The van der Waals surface area contributed by atoms with Gasteiger partial charge in [0.25, 0.3) is 5.91 Å².